The molecule has 2 rings (SSSR count). The zero-order valence-corrected chi connectivity index (χ0v) is 11.4. The Morgan fingerprint density at radius 2 is 1.94 bits per heavy atom. The molecule has 0 aromatic carbocycles. The summed E-state index contributed by atoms with van der Waals surface area (Å²) in [6.07, 6.45) is 3.54. The maximum atomic E-state index is 12.3. The number of nitrogens with one attached hydrogen (secondary N) is 1. The molecule has 2 unspecified atom stereocenters. The minimum atomic E-state index is 0.333. The topological polar surface area (TPSA) is 32.3 Å². The van der Waals surface area contributed by atoms with E-state index in [4.69, 9.17) is 0 Å². The Balaban J connectivity index is 1.89. The maximum absolute atomic E-state index is 12.3. The van der Waals surface area contributed by atoms with Crippen LogP contribution in [-0.4, -0.2) is 36.5 Å². The summed E-state index contributed by atoms with van der Waals surface area (Å²) in [5, 5.41) is 3.39. The van der Waals surface area contributed by atoms with Gasteiger partial charge in [0.2, 0.25) is 5.91 Å². The smallest absolute Gasteiger partial charge is 0.226 e. The highest BCUT2D eigenvalue weighted by atomic mass is 16.2. The minimum absolute atomic E-state index is 0.333. The van der Waals surface area contributed by atoms with Crippen LogP contribution in [0.4, 0.5) is 0 Å². The van der Waals surface area contributed by atoms with Crippen LogP contribution >= 0.6 is 0 Å². The van der Waals surface area contributed by atoms with Crippen LogP contribution in [0.3, 0.4) is 0 Å². The van der Waals surface area contributed by atoms with Crippen molar-refractivity contribution in [2.45, 2.75) is 46.1 Å². The summed E-state index contributed by atoms with van der Waals surface area (Å²) in [6, 6.07) is 0.352. The standard InChI is InChI=1S/C14H26N2O/c1-10(2)16(14(17)13-8-11(13)3)9-12-4-6-15-7-5-12/h10-13,15H,4-9H2,1-3H3. The van der Waals surface area contributed by atoms with Gasteiger partial charge in [-0.05, 0) is 58.0 Å². The van der Waals surface area contributed by atoms with Gasteiger partial charge in [0, 0.05) is 18.5 Å². The molecular formula is C14H26N2O. The van der Waals surface area contributed by atoms with Gasteiger partial charge in [-0.1, -0.05) is 6.92 Å². The van der Waals surface area contributed by atoms with E-state index in [9.17, 15) is 4.79 Å². The Kier molecular flexibility index (Phi) is 4.08. The summed E-state index contributed by atoms with van der Waals surface area (Å²) in [7, 11) is 0. The predicted octanol–water partition coefficient (Wildman–Crippen LogP) is 1.88. The molecule has 2 aliphatic rings. The van der Waals surface area contributed by atoms with Crippen molar-refractivity contribution in [2.24, 2.45) is 17.8 Å². The summed E-state index contributed by atoms with van der Waals surface area (Å²) in [5.41, 5.74) is 0. The Labute approximate surface area is 105 Å². The molecule has 1 aliphatic carbocycles. The molecule has 1 amide bonds. The van der Waals surface area contributed by atoms with Gasteiger partial charge >= 0.3 is 0 Å². The largest absolute Gasteiger partial charge is 0.340 e. The summed E-state index contributed by atoms with van der Waals surface area (Å²) in [6.45, 7) is 9.68. The van der Waals surface area contributed by atoms with Gasteiger partial charge in [-0.15, -0.1) is 0 Å². The van der Waals surface area contributed by atoms with E-state index in [1.807, 2.05) is 0 Å². The molecular weight excluding hydrogens is 212 g/mol. The van der Waals surface area contributed by atoms with Gasteiger partial charge in [-0.25, -0.2) is 0 Å². The first-order chi connectivity index (χ1) is 8.09. The molecule has 3 heteroatoms. The number of hydrogen-bond donors (Lipinski definition) is 1. The van der Waals surface area contributed by atoms with Crippen LogP contribution in [0.25, 0.3) is 0 Å². The van der Waals surface area contributed by atoms with Crippen molar-refractivity contribution in [2.75, 3.05) is 19.6 Å². The van der Waals surface area contributed by atoms with Crippen molar-refractivity contribution < 1.29 is 4.79 Å². The van der Waals surface area contributed by atoms with Gasteiger partial charge in [0.05, 0.1) is 0 Å². The average molecular weight is 238 g/mol. The normalized spacial score (nSPS) is 29.4. The van der Waals surface area contributed by atoms with Crippen molar-refractivity contribution in [3.8, 4) is 0 Å². The highest BCUT2D eigenvalue weighted by Crippen LogP contribution is 2.39. The third-order valence-corrected chi connectivity index (χ3v) is 4.25. The highest BCUT2D eigenvalue weighted by Gasteiger charge is 2.42. The molecule has 0 spiro atoms. The molecule has 98 valence electrons. The van der Waals surface area contributed by atoms with E-state index in [1.165, 1.54) is 12.8 Å². The van der Waals surface area contributed by atoms with Gasteiger partial charge in [0.15, 0.2) is 0 Å². The predicted molar refractivity (Wildman–Crippen MR) is 69.7 cm³/mol. The van der Waals surface area contributed by atoms with Crippen LogP contribution in [-0.2, 0) is 4.79 Å². The van der Waals surface area contributed by atoms with E-state index in [0.29, 0.717) is 29.7 Å². The number of carbonyl (C=O) groups is 1. The van der Waals surface area contributed by atoms with E-state index in [0.717, 1.165) is 26.1 Å². The molecule has 1 heterocycles. The molecule has 0 bridgehead atoms. The summed E-state index contributed by atoms with van der Waals surface area (Å²) < 4.78 is 0. The Morgan fingerprint density at radius 1 is 1.35 bits per heavy atom. The SMILES string of the molecule is CC1CC1C(=O)N(CC1CCNCC1)C(C)C. The Bertz CT molecular complexity index is 271. The zero-order chi connectivity index (χ0) is 12.4. The third-order valence-electron chi connectivity index (χ3n) is 4.25. The lowest BCUT2D eigenvalue weighted by Crippen LogP contribution is -2.43. The molecule has 0 aromatic rings. The second-order valence-corrected chi connectivity index (χ2v) is 6.10. The number of piperidine rings is 1. The highest BCUT2D eigenvalue weighted by molar-refractivity contribution is 5.81. The Hall–Kier alpha value is -0.570. The number of amides is 1. The maximum Gasteiger partial charge on any atom is 0.226 e. The molecule has 0 radical (unpaired) electrons. The van der Waals surface area contributed by atoms with E-state index in [1.54, 1.807) is 0 Å². The lowest BCUT2D eigenvalue weighted by Gasteiger charge is -2.33. The number of carbonyl (C=O) groups excluding carboxylic acids is 1. The Morgan fingerprint density at radius 3 is 2.41 bits per heavy atom. The van der Waals surface area contributed by atoms with Crippen LogP contribution in [0, 0.1) is 17.8 Å². The number of nitrogens with zero attached hydrogens (tertiary/aromatic N) is 1. The average Bonchev–Trinajstić information content (AvgIpc) is 3.03. The van der Waals surface area contributed by atoms with Crippen molar-refractivity contribution in [1.29, 1.82) is 0 Å². The second-order valence-electron chi connectivity index (χ2n) is 6.10. The summed E-state index contributed by atoms with van der Waals surface area (Å²) in [5.74, 6) is 2.07. The second kappa shape index (κ2) is 5.38. The van der Waals surface area contributed by atoms with Crippen LogP contribution < -0.4 is 5.32 Å². The van der Waals surface area contributed by atoms with Crippen molar-refractivity contribution in [3.63, 3.8) is 0 Å². The fourth-order valence-electron chi connectivity index (χ4n) is 2.78. The quantitative estimate of drug-likeness (QED) is 0.811. The van der Waals surface area contributed by atoms with Crippen molar-refractivity contribution >= 4 is 5.91 Å². The van der Waals surface area contributed by atoms with E-state index in [-0.39, 0.29) is 0 Å². The van der Waals surface area contributed by atoms with Crippen LogP contribution in [0.5, 0.6) is 0 Å². The molecule has 1 aliphatic heterocycles. The van der Waals surface area contributed by atoms with E-state index >= 15 is 0 Å². The first-order valence-electron chi connectivity index (χ1n) is 7.10. The lowest BCUT2D eigenvalue weighted by molar-refractivity contribution is -0.135. The van der Waals surface area contributed by atoms with Crippen molar-refractivity contribution in [3.05, 3.63) is 0 Å². The molecule has 2 atom stereocenters. The van der Waals surface area contributed by atoms with E-state index < -0.39 is 0 Å². The van der Waals surface area contributed by atoms with Gasteiger partial charge in [-0.2, -0.15) is 0 Å². The van der Waals surface area contributed by atoms with Gasteiger partial charge in [-0.3, -0.25) is 4.79 Å². The van der Waals surface area contributed by atoms with Crippen molar-refractivity contribution in [1.82, 2.24) is 10.2 Å². The third kappa shape index (κ3) is 3.21. The fourth-order valence-corrected chi connectivity index (χ4v) is 2.78. The minimum Gasteiger partial charge on any atom is -0.340 e. The van der Waals surface area contributed by atoms with Gasteiger partial charge in [0.25, 0.3) is 0 Å². The van der Waals surface area contributed by atoms with E-state index in [2.05, 4.69) is 31.0 Å². The summed E-state index contributed by atoms with van der Waals surface area (Å²) in [4.78, 5) is 14.5. The molecule has 1 saturated carbocycles. The number of hydrogen-bond acceptors (Lipinski definition) is 2. The first kappa shape index (κ1) is 12.9. The molecule has 1 N–H and O–H groups in total. The fraction of sp³-hybridized carbons (Fsp3) is 0.929. The van der Waals surface area contributed by atoms with Crippen LogP contribution in [0.2, 0.25) is 0 Å². The zero-order valence-electron chi connectivity index (χ0n) is 11.4. The molecule has 1 saturated heterocycles. The molecule has 2 fully saturated rings. The molecule has 3 nitrogen and oxygen atoms in total. The lowest BCUT2D eigenvalue weighted by atomic mass is 9.96. The van der Waals surface area contributed by atoms with Gasteiger partial charge in [0.1, 0.15) is 0 Å². The monoisotopic (exact) mass is 238 g/mol. The first-order valence-corrected chi connectivity index (χ1v) is 7.10. The summed E-state index contributed by atoms with van der Waals surface area (Å²) >= 11 is 0. The molecule has 0 aromatic heterocycles. The van der Waals surface area contributed by atoms with Gasteiger partial charge < -0.3 is 10.2 Å². The number of rotatable bonds is 4. The van der Waals surface area contributed by atoms with Crippen LogP contribution in [0.15, 0.2) is 0 Å². The molecule has 17 heavy (non-hydrogen) atoms. The van der Waals surface area contributed by atoms with Crippen LogP contribution in [0.1, 0.15) is 40.0 Å².